The van der Waals surface area contributed by atoms with E-state index in [0.29, 0.717) is 17.6 Å². The van der Waals surface area contributed by atoms with Gasteiger partial charge in [0.25, 0.3) is 0 Å². The van der Waals surface area contributed by atoms with Crippen molar-refractivity contribution in [2.45, 2.75) is 44.3 Å². The van der Waals surface area contributed by atoms with Crippen LogP contribution in [0.25, 0.3) is 0 Å². The minimum absolute atomic E-state index is 0.161. The van der Waals surface area contributed by atoms with Crippen LogP contribution in [-0.2, 0) is 4.79 Å². The number of amides is 2. The molecule has 0 radical (unpaired) electrons. The van der Waals surface area contributed by atoms with Crippen LogP contribution in [0.3, 0.4) is 0 Å². The first-order valence-electron chi connectivity index (χ1n) is 7.97. The maximum absolute atomic E-state index is 12.6. The minimum atomic E-state index is -0.739. The zero-order valence-corrected chi connectivity index (χ0v) is 13.6. The van der Waals surface area contributed by atoms with Crippen LogP contribution in [0.4, 0.5) is 4.79 Å². The maximum Gasteiger partial charge on any atom is 0.320 e. The first-order chi connectivity index (χ1) is 10.1. The summed E-state index contributed by atoms with van der Waals surface area (Å²) < 4.78 is 0. The molecule has 6 heteroatoms. The van der Waals surface area contributed by atoms with Crippen LogP contribution in [0.1, 0.15) is 39.0 Å². The molecule has 2 atom stereocenters. The summed E-state index contributed by atoms with van der Waals surface area (Å²) >= 11 is 1.97. The Hall–Kier alpha value is -0.910. The van der Waals surface area contributed by atoms with Crippen LogP contribution in [0.2, 0.25) is 0 Å². The molecule has 120 valence electrons. The second-order valence-corrected chi connectivity index (χ2v) is 7.42. The van der Waals surface area contributed by atoms with Crippen LogP contribution >= 0.6 is 11.8 Å². The summed E-state index contributed by atoms with van der Waals surface area (Å²) in [6.45, 7) is 5.43. The van der Waals surface area contributed by atoms with E-state index in [1.54, 1.807) is 0 Å². The Balaban J connectivity index is 1.85. The Morgan fingerprint density at radius 2 is 2.00 bits per heavy atom. The fourth-order valence-corrected chi connectivity index (χ4v) is 4.32. The third kappa shape index (κ3) is 4.80. The molecule has 0 aromatic heterocycles. The lowest BCUT2D eigenvalue weighted by Gasteiger charge is -2.39. The molecule has 5 nitrogen and oxygen atoms in total. The highest BCUT2D eigenvalue weighted by atomic mass is 32.2. The summed E-state index contributed by atoms with van der Waals surface area (Å²) in [6.07, 6.45) is 4.05. The molecule has 2 amide bonds. The molecule has 2 aliphatic rings. The van der Waals surface area contributed by atoms with E-state index in [2.05, 4.69) is 6.92 Å². The SMILES string of the molecule is CCC1CN(C(=O)N2CCCC(CCC(=O)O)C2)CCS1. The van der Waals surface area contributed by atoms with Gasteiger partial charge in [0.1, 0.15) is 0 Å². The molecule has 21 heavy (non-hydrogen) atoms. The topological polar surface area (TPSA) is 60.9 Å². The fourth-order valence-electron chi connectivity index (χ4n) is 3.14. The summed E-state index contributed by atoms with van der Waals surface area (Å²) in [6, 6.07) is 0.161. The first-order valence-corrected chi connectivity index (χ1v) is 9.02. The molecular formula is C15H26N2O3S. The largest absolute Gasteiger partial charge is 0.481 e. The predicted octanol–water partition coefficient (Wildman–Crippen LogP) is 2.51. The van der Waals surface area contributed by atoms with Gasteiger partial charge in [0.15, 0.2) is 0 Å². The van der Waals surface area contributed by atoms with Crippen molar-refractivity contribution in [3.05, 3.63) is 0 Å². The van der Waals surface area contributed by atoms with E-state index in [4.69, 9.17) is 5.11 Å². The number of carboxylic acids is 1. The van der Waals surface area contributed by atoms with E-state index < -0.39 is 5.97 Å². The summed E-state index contributed by atoms with van der Waals surface area (Å²) in [5, 5.41) is 9.35. The molecule has 0 saturated carbocycles. The second kappa shape index (κ2) is 7.92. The molecule has 2 unspecified atom stereocenters. The van der Waals surface area contributed by atoms with Gasteiger partial charge < -0.3 is 14.9 Å². The molecule has 2 fully saturated rings. The maximum atomic E-state index is 12.6. The van der Waals surface area contributed by atoms with Crippen molar-refractivity contribution < 1.29 is 14.7 Å². The number of urea groups is 1. The third-order valence-corrected chi connectivity index (χ3v) is 5.79. The smallest absolute Gasteiger partial charge is 0.320 e. The van der Waals surface area contributed by atoms with Gasteiger partial charge in [0, 0.05) is 43.6 Å². The van der Waals surface area contributed by atoms with E-state index in [1.807, 2.05) is 21.6 Å². The summed E-state index contributed by atoms with van der Waals surface area (Å²) in [5.74, 6) is 0.637. The van der Waals surface area contributed by atoms with Crippen LogP contribution in [-0.4, -0.2) is 64.1 Å². The average Bonchev–Trinajstić information content (AvgIpc) is 2.52. The third-order valence-electron chi connectivity index (χ3n) is 4.42. The zero-order chi connectivity index (χ0) is 15.2. The molecule has 2 rings (SSSR count). The quantitative estimate of drug-likeness (QED) is 0.866. The van der Waals surface area contributed by atoms with Crippen LogP contribution < -0.4 is 0 Å². The van der Waals surface area contributed by atoms with E-state index in [9.17, 15) is 9.59 Å². The van der Waals surface area contributed by atoms with Gasteiger partial charge in [-0.1, -0.05) is 6.92 Å². The first kappa shape index (κ1) is 16.5. The van der Waals surface area contributed by atoms with Crippen molar-refractivity contribution in [3.8, 4) is 0 Å². The van der Waals surface area contributed by atoms with Crippen molar-refractivity contribution in [1.29, 1.82) is 0 Å². The summed E-state index contributed by atoms with van der Waals surface area (Å²) in [5.41, 5.74) is 0. The number of nitrogens with zero attached hydrogens (tertiary/aromatic N) is 2. The lowest BCUT2D eigenvalue weighted by molar-refractivity contribution is -0.137. The van der Waals surface area contributed by atoms with Gasteiger partial charge in [-0.05, 0) is 31.6 Å². The molecule has 0 spiro atoms. The summed E-state index contributed by atoms with van der Waals surface area (Å²) in [7, 11) is 0. The lowest BCUT2D eigenvalue weighted by atomic mass is 9.93. The predicted molar refractivity (Wildman–Crippen MR) is 84.7 cm³/mol. The molecule has 0 aliphatic carbocycles. The van der Waals surface area contributed by atoms with Gasteiger partial charge in [-0.15, -0.1) is 0 Å². The number of carboxylic acid groups (broad SMARTS) is 1. The Kier molecular flexibility index (Phi) is 6.21. The number of piperidine rings is 1. The van der Waals surface area contributed by atoms with Gasteiger partial charge in [0.2, 0.25) is 0 Å². The van der Waals surface area contributed by atoms with Crippen molar-refractivity contribution >= 4 is 23.8 Å². The molecule has 0 aromatic carbocycles. The van der Waals surface area contributed by atoms with Crippen molar-refractivity contribution in [2.75, 3.05) is 31.9 Å². The lowest BCUT2D eigenvalue weighted by Crippen LogP contribution is -2.51. The van der Waals surface area contributed by atoms with E-state index in [0.717, 1.165) is 51.2 Å². The molecule has 0 bridgehead atoms. The van der Waals surface area contributed by atoms with Crippen molar-refractivity contribution in [3.63, 3.8) is 0 Å². The molecular weight excluding hydrogens is 288 g/mol. The number of rotatable bonds is 4. The van der Waals surface area contributed by atoms with Gasteiger partial charge in [-0.2, -0.15) is 11.8 Å². The number of hydrogen-bond donors (Lipinski definition) is 1. The van der Waals surface area contributed by atoms with Gasteiger partial charge in [-0.3, -0.25) is 4.79 Å². The Morgan fingerprint density at radius 1 is 1.24 bits per heavy atom. The number of thioether (sulfide) groups is 1. The molecule has 2 aliphatic heterocycles. The fraction of sp³-hybridized carbons (Fsp3) is 0.867. The van der Waals surface area contributed by atoms with Crippen LogP contribution in [0.15, 0.2) is 0 Å². The number of aliphatic carboxylic acids is 1. The van der Waals surface area contributed by atoms with Crippen LogP contribution in [0, 0.1) is 5.92 Å². The number of likely N-dealkylation sites (tertiary alicyclic amines) is 1. The highest BCUT2D eigenvalue weighted by Gasteiger charge is 2.30. The number of carbonyl (C=O) groups is 2. The monoisotopic (exact) mass is 314 g/mol. The van der Waals surface area contributed by atoms with E-state index in [1.165, 1.54) is 0 Å². The second-order valence-electron chi connectivity index (χ2n) is 6.02. The zero-order valence-electron chi connectivity index (χ0n) is 12.8. The van der Waals surface area contributed by atoms with E-state index in [-0.39, 0.29) is 12.5 Å². The van der Waals surface area contributed by atoms with Gasteiger partial charge >= 0.3 is 12.0 Å². The molecule has 1 N–H and O–H groups in total. The molecule has 2 heterocycles. The normalized spacial score (nSPS) is 26.7. The molecule has 0 aromatic rings. The standard InChI is InChI=1S/C15H26N2O3S/c1-2-13-11-17(8-9-21-13)15(20)16-7-3-4-12(10-16)5-6-14(18)19/h12-13H,2-11H2,1H3,(H,18,19). The highest BCUT2D eigenvalue weighted by molar-refractivity contribution is 8.00. The number of hydrogen-bond acceptors (Lipinski definition) is 3. The Labute approximate surface area is 131 Å². The Morgan fingerprint density at radius 3 is 2.71 bits per heavy atom. The van der Waals surface area contributed by atoms with Gasteiger partial charge in [-0.25, -0.2) is 4.79 Å². The minimum Gasteiger partial charge on any atom is -0.481 e. The van der Waals surface area contributed by atoms with Gasteiger partial charge in [0.05, 0.1) is 0 Å². The van der Waals surface area contributed by atoms with Crippen molar-refractivity contribution in [1.82, 2.24) is 9.80 Å². The van der Waals surface area contributed by atoms with Crippen molar-refractivity contribution in [2.24, 2.45) is 5.92 Å². The highest BCUT2D eigenvalue weighted by Crippen LogP contribution is 2.25. The van der Waals surface area contributed by atoms with E-state index >= 15 is 0 Å². The molecule has 2 saturated heterocycles. The Bertz CT molecular complexity index is 378. The average molecular weight is 314 g/mol. The summed E-state index contributed by atoms with van der Waals surface area (Å²) in [4.78, 5) is 27.2. The number of carbonyl (C=O) groups excluding carboxylic acids is 1. The van der Waals surface area contributed by atoms with Crippen LogP contribution in [0.5, 0.6) is 0 Å².